The van der Waals surface area contributed by atoms with E-state index in [-0.39, 0.29) is 16.4 Å². The number of benzene rings is 1. The fraction of sp³-hybridized carbons (Fsp3) is 0.500. The Morgan fingerprint density at radius 3 is 2.00 bits per heavy atom. The molecule has 0 saturated heterocycles. The minimum absolute atomic E-state index is 0.131. The van der Waals surface area contributed by atoms with Crippen LogP contribution in [0.25, 0.3) is 0 Å². The molecule has 1 rings (SSSR count). The van der Waals surface area contributed by atoms with Crippen LogP contribution in [0.3, 0.4) is 0 Å². The van der Waals surface area contributed by atoms with E-state index < -0.39 is 10.0 Å². The molecule has 0 amide bonds. The molecule has 0 aromatic heterocycles. The van der Waals surface area contributed by atoms with Crippen molar-refractivity contribution in [3.8, 4) is 0 Å². The zero-order valence-electron chi connectivity index (χ0n) is 10.7. The number of sulfonamides is 1. The maximum absolute atomic E-state index is 11.1. The lowest BCUT2D eigenvalue weighted by Crippen LogP contribution is -2.30. The molecule has 1 aromatic rings. The van der Waals surface area contributed by atoms with Crippen LogP contribution in [0.4, 0.5) is 5.69 Å². The molecule has 0 fully saturated rings. The van der Waals surface area contributed by atoms with Gasteiger partial charge in [-0.25, -0.2) is 13.6 Å². The zero-order chi connectivity index (χ0) is 13.3. The van der Waals surface area contributed by atoms with E-state index in [0.717, 1.165) is 5.69 Å². The topological polar surface area (TPSA) is 72.2 Å². The molecule has 1 unspecified atom stereocenters. The highest BCUT2D eigenvalue weighted by atomic mass is 32.2. The van der Waals surface area contributed by atoms with Gasteiger partial charge >= 0.3 is 0 Å². The van der Waals surface area contributed by atoms with Gasteiger partial charge in [-0.2, -0.15) is 0 Å². The van der Waals surface area contributed by atoms with Crippen molar-refractivity contribution < 1.29 is 8.42 Å². The number of rotatable bonds is 3. The van der Waals surface area contributed by atoms with E-state index in [1.54, 1.807) is 12.1 Å². The molecule has 5 heteroatoms. The van der Waals surface area contributed by atoms with Gasteiger partial charge in [-0.1, -0.05) is 20.8 Å². The van der Waals surface area contributed by atoms with Gasteiger partial charge in [-0.3, -0.25) is 0 Å². The predicted molar refractivity (Wildman–Crippen MR) is 70.4 cm³/mol. The van der Waals surface area contributed by atoms with Crippen molar-refractivity contribution in [3.05, 3.63) is 24.3 Å². The molecular formula is C12H20N2O2S. The third kappa shape index (κ3) is 4.02. The summed E-state index contributed by atoms with van der Waals surface area (Å²) >= 11 is 0. The summed E-state index contributed by atoms with van der Waals surface area (Å²) in [5.74, 6) is 0. The van der Waals surface area contributed by atoms with E-state index in [2.05, 4.69) is 33.0 Å². The Balaban J connectivity index is 2.83. The third-order valence-corrected chi connectivity index (χ3v) is 3.79. The van der Waals surface area contributed by atoms with Gasteiger partial charge in [0.25, 0.3) is 0 Å². The Morgan fingerprint density at radius 1 is 1.18 bits per heavy atom. The van der Waals surface area contributed by atoms with Crippen molar-refractivity contribution >= 4 is 15.7 Å². The highest BCUT2D eigenvalue weighted by Gasteiger charge is 2.19. The minimum atomic E-state index is -3.60. The summed E-state index contributed by atoms with van der Waals surface area (Å²) in [6, 6.07) is 6.74. The van der Waals surface area contributed by atoms with E-state index in [0.29, 0.717) is 0 Å². The van der Waals surface area contributed by atoms with Crippen LogP contribution < -0.4 is 10.5 Å². The average molecular weight is 256 g/mol. The number of hydrogen-bond acceptors (Lipinski definition) is 3. The Kier molecular flexibility index (Phi) is 3.84. The summed E-state index contributed by atoms with van der Waals surface area (Å²) in [6.07, 6.45) is 0. The summed E-state index contributed by atoms with van der Waals surface area (Å²) in [6.45, 7) is 8.52. The summed E-state index contributed by atoms with van der Waals surface area (Å²) in [4.78, 5) is 0.131. The van der Waals surface area contributed by atoms with Crippen molar-refractivity contribution in [2.45, 2.75) is 38.6 Å². The van der Waals surface area contributed by atoms with Gasteiger partial charge < -0.3 is 5.32 Å². The standard InChI is InChI=1S/C12H20N2O2S/c1-9(12(2,3)4)14-10-5-7-11(8-6-10)17(13,15)16/h5-9,14H,1-4H3,(H2,13,15,16). The number of hydrogen-bond donors (Lipinski definition) is 2. The predicted octanol–water partition coefficient (Wildman–Crippen LogP) is 2.18. The Labute approximate surface area is 103 Å². The first kappa shape index (κ1) is 14.0. The zero-order valence-corrected chi connectivity index (χ0v) is 11.5. The highest BCUT2D eigenvalue weighted by molar-refractivity contribution is 7.89. The van der Waals surface area contributed by atoms with Crippen molar-refractivity contribution in [1.29, 1.82) is 0 Å². The summed E-state index contributed by atoms with van der Waals surface area (Å²) in [5.41, 5.74) is 1.03. The molecule has 0 radical (unpaired) electrons. The summed E-state index contributed by atoms with van der Waals surface area (Å²) < 4.78 is 22.2. The first-order valence-corrected chi connectivity index (χ1v) is 7.05. The van der Waals surface area contributed by atoms with E-state index in [1.807, 2.05) is 0 Å². The van der Waals surface area contributed by atoms with Crippen LogP contribution in [-0.4, -0.2) is 14.5 Å². The number of nitrogens with one attached hydrogen (secondary N) is 1. The van der Waals surface area contributed by atoms with Crippen LogP contribution in [0.2, 0.25) is 0 Å². The number of primary sulfonamides is 1. The smallest absolute Gasteiger partial charge is 0.238 e. The third-order valence-electron chi connectivity index (χ3n) is 2.87. The molecule has 1 atom stereocenters. The summed E-state index contributed by atoms with van der Waals surface area (Å²) in [5, 5.41) is 8.35. The van der Waals surface area contributed by atoms with Gasteiger partial charge in [0.05, 0.1) is 4.90 Å². The molecular weight excluding hydrogens is 236 g/mol. The van der Waals surface area contributed by atoms with Gasteiger partial charge in [0, 0.05) is 11.7 Å². The van der Waals surface area contributed by atoms with Gasteiger partial charge in [0.1, 0.15) is 0 Å². The normalized spacial score (nSPS) is 14.4. The molecule has 0 spiro atoms. The van der Waals surface area contributed by atoms with Crippen LogP contribution in [0, 0.1) is 5.41 Å². The molecule has 0 saturated carbocycles. The quantitative estimate of drug-likeness (QED) is 0.870. The van der Waals surface area contributed by atoms with Crippen LogP contribution in [-0.2, 0) is 10.0 Å². The second kappa shape index (κ2) is 4.66. The SMILES string of the molecule is CC(Nc1ccc(S(N)(=O)=O)cc1)C(C)(C)C. The first-order chi connectivity index (χ1) is 7.60. The second-order valence-corrected chi connectivity index (χ2v) is 6.86. The molecule has 3 N–H and O–H groups in total. The van der Waals surface area contributed by atoms with Crippen LogP contribution in [0.1, 0.15) is 27.7 Å². The lowest BCUT2D eigenvalue weighted by Gasteiger charge is -2.29. The van der Waals surface area contributed by atoms with Gasteiger partial charge in [-0.15, -0.1) is 0 Å². The van der Waals surface area contributed by atoms with Crippen LogP contribution in [0.5, 0.6) is 0 Å². The van der Waals surface area contributed by atoms with Crippen molar-refractivity contribution in [1.82, 2.24) is 0 Å². The lowest BCUT2D eigenvalue weighted by molar-refractivity contribution is 0.359. The molecule has 17 heavy (non-hydrogen) atoms. The molecule has 0 aliphatic carbocycles. The summed E-state index contributed by atoms with van der Waals surface area (Å²) in [7, 11) is -3.60. The van der Waals surface area contributed by atoms with Gasteiger partial charge in [-0.05, 0) is 36.6 Å². The maximum atomic E-state index is 11.1. The average Bonchev–Trinajstić information content (AvgIpc) is 2.15. The van der Waals surface area contributed by atoms with Crippen LogP contribution >= 0.6 is 0 Å². The lowest BCUT2D eigenvalue weighted by atomic mass is 9.88. The van der Waals surface area contributed by atoms with E-state index >= 15 is 0 Å². The Hall–Kier alpha value is -1.07. The molecule has 4 nitrogen and oxygen atoms in total. The Morgan fingerprint density at radius 2 is 1.65 bits per heavy atom. The fourth-order valence-electron chi connectivity index (χ4n) is 1.21. The molecule has 0 bridgehead atoms. The maximum Gasteiger partial charge on any atom is 0.238 e. The van der Waals surface area contributed by atoms with E-state index in [4.69, 9.17) is 5.14 Å². The molecule has 1 aromatic carbocycles. The van der Waals surface area contributed by atoms with E-state index in [1.165, 1.54) is 12.1 Å². The van der Waals surface area contributed by atoms with E-state index in [9.17, 15) is 8.42 Å². The minimum Gasteiger partial charge on any atom is -0.382 e. The monoisotopic (exact) mass is 256 g/mol. The van der Waals surface area contributed by atoms with Gasteiger partial charge in [0.2, 0.25) is 10.0 Å². The largest absolute Gasteiger partial charge is 0.382 e. The fourth-order valence-corrected chi connectivity index (χ4v) is 1.72. The van der Waals surface area contributed by atoms with Crippen molar-refractivity contribution in [3.63, 3.8) is 0 Å². The van der Waals surface area contributed by atoms with Crippen molar-refractivity contribution in [2.75, 3.05) is 5.32 Å². The second-order valence-electron chi connectivity index (χ2n) is 5.30. The molecule has 0 heterocycles. The Bertz CT molecular complexity index is 472. The number of nitrogens with two attached hydrogens (primary N) is 1. The van der Waals surface area contributed by atoms with Crippen molar-refractivity contribution in [2.24, 2.45) is 10.6 Å². The first-order valence-electron chi connectivity index (χ1n) is 5.50. The molecule has 96 valence electrons. The van der Waals surface area contributed by atoms with Gasteiger partial charge in [0.15, 0.2) is 0 Å². The van der Waals surface area contributed by atoms with Crippen LogP contribution in [0.15, 0.2) is 29.2 Å². The highest BCUT2D eigenvalue weighted by Crippen LogP contribution is 2.23. The molecule has 0 aliphatic rings. The number of anilines is 1. The molecule has 0 aliphatic heterocycles.